The summed E-state index contributed by atoms with van der Waals surface area (Å²) in [6, 6.07) is 6.54. The number of aromatic carboxylic acids is 1. The van der Waals surface area contributed by atoms with Gasteiger partial charge in [-0.05, 0) is 5.56 Å². The molecule has 0 saturated carbocycles. The lowest BCUT2D eigenvalue weighted by Crippen LogP contribution is -2.24. The molecule has 0 aliphatic carbocycles. The van der Waals surface area contributed by atoms with E-state index in [0.29, 0.717) is 5.56 Å². The van der Waals surface area contributed by atoms with Gasteiger partial charge in [-0.25, -0.2) is 0 Å². The van der Waals surface area contributed by atoms with Crippen molar-refractivity contribution in [2.75, 3.05) is 0 Å². The average Bonchev–Trinajstić information content (AvgIpc) is 2.04. The summed E-state index contributed by atoms with van der Waals surface area (Å²) in [6.07, 6.45) is 0. The van der Waals surface area contributed by atoms with E-state index in [1.807, 2.05) is 0 Å². The molecule has 0 spiro atoms. The van der Waals surface area contributed by atoms with Crippen LogP contribution < -0.4 is 10.8 Å². The zero-order valence-electron chi connectivity index (χ0n) is 5.91. The van der Waals surface area contributed by atoms with Crippen molar-refractivity contribution in [2.45, 2.75) is 6.54 Å². The van der Waals surface area contributed by atoms with Gasteiger partial charge < -0.3 is 15.6 Å². The van der Waals surface area contributed by atoms with Crippen LogP contribution in [0, 0.1) is 0 Å². The van der Waals surface area contributed by atoms with Gasteiger partial charge in [0.2, 0.25) is 0 Å². The Bertz CT molecular complexity index is 271. The van der Waals surface area contributed by atoms with Gasteiger partial charge in [0, 0.05) is 12.1 Å². The topological polar surface area (TPSA) is 66.2 Å². The number of carboxylic acids is 1. The standard InChI is InChI=1S/C8H9NO2/c9-5-6-3-1-2-4-7(6)8(10)11/h1-4H,5,9H2,(H,10,11)/p-1. The molecule has 0 saturated heterocycles. The van der Waals surface area contributed by atoms with E-state index in [4.69, 9.17) is 5.73 Å². The second-order valence-electron chi connectivity index (χ2n) is 2.15. The minimum absolute atomic E-state index is 0.176. The van der Waals surface area contributed by atoms with Crippen molar-refractivity contribution < 1.29 is 9.90 Å². The Labute approximate surface area is 64.5 Å². The molecule has 0 bridgehead atoms. The van der Waals surface area contributed by atoms with Crippen LogP contribution >= 0.6 is 0 Å². The maximum Gasteiger partial charge on any atom is 0.0718 e. The number of hydrogen-bond acceptors (Lipinski definition) is 3. The van der Waals surface area contributed by atoms with Crippen LogP contribution in [-0.2, 0) is 6.54 Å². The summed E-state index contributed by atoms with van der Waals surface area (Å²) in [7, 11) is 0. The van der Waals surface area contributed by atoms with E-state index in [1.165, 1.54) is 6.07 Å². The Morgan fingerprint density at radius 3 is 2.55 bits per heavy atom. The van der Waals surface area contributed by atoms with Crippen LogP contribution in [0.5, 0.6) is 0 Å². The van der Waals surface area contributed by atoms with Gasteiger partial charge in [-0.3, -0.25) is 0 Å². The smallest absolute Gasteiger partial charge is 0.0718 e. The molecule has 0 atom stereocenters. The summed E-state index contributed by atoms with van der Waals surface area (Å²) < 4.78 is 0. The molecule has 0 aliphatic rings. The quantitative estimate of drug-likeness (QED) is 0.618. The van der Waals surface area contributed by atoms with E-state index in [1.54, 1.807) is 18.2 Å². The summed E-state index contributed by atoms with van der Waals surface area (Å²) in [5, 5.41) is 10.4. The SMILES string of the molecule is NCc1ccccc1C(=O)[O-]. The second-order valence-corrected chi connectivity index (χ2v) is 2.15. The van der Waals surface area contributed by atoms with E-state index >= 15 is 0 Å². The molecule has 11 heavy (non-hydrogen) atoms. The number of carboxylic acid groups (broad SMARTS) is 1. The molecule has 1 aromatic carbocycles. The Hall–Kier alpha value is -1.35. The first-order valence-electron chi connectivity index (χ1n) is 3.25. The molecule has 3 nitrogen and oxygen atoms in total. The summed E-state index contributed by atoms with van der Waals surface area (Å²) >= 11 is 0. The monoisotopic (exact) mass is 150 g/mol. The van der Waals surface area contributed by atoms with Crippen molar-refractivity contribution in [1.82, 2.24) is 0 Å². The van der Waals surface area contributed by atoms with Crippen LogP contribution in [0.1, 0.15) is 15.9 Å². The minimum Gasteiger partial charge on any atom is -0.545 e. The Morgan fingerprint density at radius 1 is 1.45 bits per heavy atom. The predicted molar refractivity (Wildman–Crippen MR) is 38.7 cm³/mol. The van der Waals surface area contributed by atoms with Crippen LogP contribution in [-0.4, -0.2) is 5.97 Å². The van der Waals surface area contributed by atoms with Gasteiger partial charge in [0.15, 0.2) is 0 Å². The normalized spacial score (nSPS) is 9.55. The first kappa shape index (κ1) is 7.75. The van der Waals surface area contributed by atoms with E-state index in [0.717, 1.165) is 0 Å². The van der Waals surface area contributed by atoms with Crippen molar-refractivity contribution in [1.29, 1.82) is 0 Å². The molecule has 0 radical (unpaired) electrons. The number of carbonyl (C=O) groups excluding carboxylic acids is 1. The van der Waals surface area contributed by atoms with Crippen molar-refractivity contribution in [3.05, 3.63) is 35.4 Å². The molecule has 0 unspecified atom stereocenters. The van der Waals surface area contributed by atoms with E-state index < -0.39 is 5.97 Å². The fraction of sp³-hybridized carbons (Fsp3) is 0.125. The maximum atomic E-state index is 10.4. The summed E-state index contributed by atoms with van der Waals surface area (Å²) in [4.78, 5) is 10.4. The number of hydrogen-bond donors (Lipinski definition) is 1. The zero-order valence-corrected chi connectivity index (χ0v) is 5.91. The Balaban J connectivity index is 3.12. The van der Waals surface area contributed by atoms with Crippen molar-refractivity contribution in [3.8, 4) is 0 Å². The van der Waals surface area contributed by atoms with Crippen LogP contribution in [0.3, 0.4) is 0 Å². The summed E-state index contributed by atoms with van der Waals surface area (Å²) in [5.41, 5.74) is 6.08. The molecule has 0 fully saturated rings. The Morgan fingerprint density at radius 2 is 2.09 bits per heavy atom. The molecule has 3 heteroatoms. The van der Waals surface area contributed by atoms with Gasteiger partial charge in [-0.1, -0.05) is 24.3 Å². The third kappa shape index (κ3) is 1.56. The fourth-order valence-electron chi connectivity index (χ4n) is 0.897. The lowest BCUT2D eigenvalue weighted by atomic mass is 10.1. The van der Waals surface area contributed by atoms with Crippen LogP contribution in [0.2, 0.25) is 0 Å². The molecule has 0 heterocycles. The van der Waals surface area contributed by atoms with Gasteiger partial charge in [-0.2, -0.15) is 0 Å². The third-order valence-corrected chi connectivity index (χ3v) is 1.46. The lowest BCUT2D eigenvalue weighted by molar-refractivity contribution is -0.255. The first-order chi connectivity index (χ1) is 5.25. The average molecular weight is 150 g/mol. The van der Waals surface area contributed by atoms with Crippen LogP contribution in [0.25, 0.3) is 0 Å². The summed E-state index contributed by atoms with van der Waals surface area (Å²) in [6.45, 7) is 0.226. The first-order valence-corrected chi connectivity index (χ1v) is 3.25. The second kappa shape index (κ2) is 3.16. The van der Waals surface area contributed by atoms with Gasteiger partial charge in [0.1, 0.15) is 0 Å². The molecule has 1 rings (SSSR count). The molecule has 0 amide bonds. The molecule has 1 aromatic rings. The van der Waals surface area contributed by atoms with Crippen molar-refractivity contribution in [2.24, 2.45) is 5.73 Å². The number of rotatable bonds is 2. The molecule has 58 valence electrons. The lowest BCUT2D eigenvalue weighted by Gasteiger charge is -2.06. The van der Waals surface area contributed by atoms with Crippen molar-refractivity contribution in [3.63, 3.8) is 0 Å². The van der Waals surface area contributed by atoms with E-state index in [9.17, 15) is 9.90 Å². The van der Waals surface area contributed by atoms with Gasteiger partial charge in [0.25, 0.3) is 0 Å². The zero-order chi connectivity index (χ0) is 8.27. The van der Waals surface area contributed by atoms with Crippen molar-refractivity contribution >= 4 is 5.97 Å². The van der Waals surface area contributed by atoms with E-state index in [-0.39, 0.29) is 12.1 Å². The maximum absolute atomic E-state index is 10.4. The molecule has 0 aliphatic heterocycles. The third-order valence-electron chi connectivity index (χ3n) is 1.46. The number of nitrogens with two attached hydrogens (primary N) is 1. The fourth-order valence-corrected chi connectivity index (χ4v) is 0.897. The van der Waals surface area contributed by atoms with E-state index in [2.05, 4.69) is 0 Å². The van der Waals surface area contributed by atoms with Gasteiger partial charge in [0.05, 0.1) is 5.97 Å². The number of carbonyl (C=O) groups is 1. The highest BCUT2D eigenvalue weighted by Crippen LogP contribution is 2.05. The molecule has 2 N–H and O–H groups in total. The largest absolute Gasteiger partial charge is 0.545 e. The highest BCUT2D eigenvalue weighted by Gasteiger charge is 1.98. The number of benzene rings is 1. The van der Waals surface area contributed by atoms with Gasteiger partial charge >= 0.3 is 0 Å². The molecular formula is C8H8NO2-. The van der Waals surface area contributed by atoms with Crippen LogP contribution in [0.4, 0.5) is 0 Å². The highest BCUT2D eigenvalue weighted by molar-refractivity contribution is 5.87. The Kier molecular flexibility index (Phi) is 2.23. The molecular weight excluding hydrogens is 142 g/mol. The van der Waals surface area contributed by atoms with Crippen LogP contribution in [0.15, 0.2) is 24.3 Å². The molecule has 0 aromatic heterocycles. The summed E-state index contributed by atoms with van der Waals surface area (Å²) in [5.74, 6) is -1.17. The van der Waals surface area contributed by atoms with Gasteiger partial charge in [-0.15, -0.1) is 0 Å². The predicted octanol–water partition coefficient (Wildman–Crippen LogP) is -0.491. The highest BCUT2D eigenvalue weighted by atomic mass is 16.4. The minimum atomic E-state index is -1.17.